The van der Waals surface area contributed by atoms with E-state index in [4.69, 9.17) is 4.74 Å². The zero-order valence-corrected chi connectivity index (χ0v) is 9.61. The van der Waals surface area contributed by atoms with Gasteiger partial charge in [-0.05, 0) is 51.8 Å². The van der Waals surface area contributed by atoms with Crippen LogP contribution in [0, 0.1) is 0 Å². The van der Waals surface area contributed by atoms with Crippen molar-refractivity contribution < 1.29 is 4.74 Å². The van der Waals surface area contributed by atoms with Crippen LogP contribution in [0.5, 0.6) is 5.75 Å². The van der Waals surface area contributed by atoms with Gasteiger partial charge in [0, 0.05) is 5.39 Å². The zero-order chi connectivity index (χ0) is 9.26. The molecule has 0 N–H and O–H groups in total. The standard InChI is InChI=1S/C10H9BrOS/c1-2-12-8-3-4-9-7(5-8)6-13-10(9)11/h3-6H,2H2,1H3. The Morgan fingerprint density at radius 2 is 2.31 bits per heavy atom. The van der Waals surface area contributed by atoms with Gasteiger partial charge in [-0.25, -0.2) is 0 Å². The third kappa shape index (κ3) is 1.71. The molecule has 68 valence electrons. The quantitative estimate of drug-likeness (QED) is 0.788. The lowest BCUT2D eigenvalue weighted by Crippen LogP contribution is -1.89. The van der Waals surface area contributed by atoms with E-state index in [2.05, 4.69) is 33.4 Å². The molecule has 0 radical (unpaired) electrons. The summed E-state index contributed by atoms with van der Waals surface area (Å²) in [5.74, 6) is 0.945. The summed E-state index contributed by atoms with van der Waals surface area (Å²) in [5.41, 5.74) is 0. The van der Waals surface area contributed by atoms with Gasteiger partial charge in [-0.3, -0.25) is 0 Å². The van der Waals surface area contributed by atoms with E-state index in [1.54, 1.807) is 11.3 Å². The summed E-state index contributed by atoms with van der Waals surface area (Å²) in [6.45, 7) is 2.71. The summed E-state index contributed by atoms with van der Waals surface area (Å²) in [4.78, 5) is 0. The number of halogens is 1. The second kappa shape index (κ2) is 3.68. The van der Waals surface area contributed by atoms with E-state index in [-0.39, 0.29) is 0 Å². The maximum absolute atomic E-state index is 5.41. The van der Waals surface area contributed by atoms with Gasteiger partial charge in [0.1, 0.15) is 5.75 Å². The average molecular weight is 257 g/mol. The number of ether oxygens (including phenoxy) is 1. The fourth-order valence-corrected chi connectivity index (χ4v) is 2.63. The second-order valence-electron chi connectivity index (χ2n) is 2.69. The van der Waals surface area contributed by atoms with Crippen molar-refractivity contribution in [2.45, 2.75) is 6.92 Å². The minimum Gasteiger partial charge on any atom is -0.494 e. The van der Waals surface area contributed by atoms with Crippen LogP contribution in [-0.4, -0.2) is 6.61 Å². The van der Waals surface area contributed by atoms with Crippen molar-refractivity contribution in [1.82, 2.24) is 0 Å². The van der Waals surface area contributed by atoms with Gasteiger partial charge >= 0.3 is 0 Å². The summed E-state index contributed by atoms with van der Waals surface area (Å²) in [6, 6.07) is 6.16. The van der Waals surface area contributed by atoms with E-state index >= 15 is 0 Å². The molecule has 0 amide bonds. The topological polar surface area (TPSA) is 9.23 Å². The van der Waals surface area contributed by atoms with Crippen LogP contribution in [0.1, 0.15) is 6.92 Å². The maximum Gasteiger partial charge on any atom is 0.119 e. The Bertz CT molecular complexity index is 422. The van der Waals surface area contributed by atoms with E-state index in [0.29, 0.717) is 0 Å². The average Bonchev–Trinajstić information content (AvgIpc) is 2.48. The van der Waals surface area contributed by atoms with Crippen LogP contribution in [0.4, 0.5) is 0 Å². The number of thiophene rings is 1. The van der Waals surface area contributed by atoms with Crippen LogP contribution in [0.15, 0.2) is 27.4 Å². The van der Waals surface area contributed by atoms with E-state index in [1.165, 1.54) is 14.6 Å². The molecule has 2 rings (SSSR count). The smallest absolute Gasteiger partial charge is 0.119 e. The Morgan fingerprint density at radius 3 is 3.08 bits per heavy atom. The van der Waals surface area contributed by atoms with Crippen molar-refractivity contribution in [3.05, 3.63) is 27.4 Å². The first kappa shape index (κ1) is 9.03. The Balaban J connectivity index is 2.50. The molecule has 3 heteroatoms. The molecule has 2 aromatic rings. The van der Waals surface area contributed by atoms with Crippen molar-refractivity contribution in [2.24, 2.45) is 0 Å². The van der Waals surface area contributed by atoms with Gasteiger partial charge in [-0.2, -0.15) is 0 Å². The Morgan fingerprint density at radius 1 is 1.46 bits per heavy atom. The highest BCUT2D eigenvalue weighted by molar-refractivity contribution is 9.11. The molecular formula is C10H9BrOS. The van der Waals surface area contributed by atoms with E-state index in [1.807, 2.05) is 13.0 Å². The van der Waals surface area contributed by atoms with Crippen LogP contribution in [0.2, 0.25) is 0 Å². The number of hydrogen-bond donors (Lipinski definition) is 0. The largest absolute Gasteiger partial charge is 0.494 e. The second-order valence-corrected chi connectivity index (χ2v) is 4.89. The van der Waals surface area contributed by atoms with Gasteiger partial charge in [0.2, 0.25) is 0 Å². The third-order valence-electron chi connectivity index (χ3n) is 1.84. The first-order valence-electron chi connectivity index (χ1n) is 4.11. The van der Waals surface area contributed by atoms with E-state index < -0.39 is 0 Å². The molecule has 13 heavy (non-hydrogen) atoms. The number of hydrogen-bond acceptors (Lipinski definition) is 2. The minimum atomic E-state index is 0.719. The van der Waals surface area contributed by atoms with Gasteiger partial charge < -0.3 is 4.74 Å². The minimum absolute atomic E-state index is 0.719. The monoisotopic (exact) mass is 256 g/mol. The number of benzene rings is 1. The lowest BCUT2D eigenvalue weighted by Gasteiger charge is -2.01. The Kier molecular flexibility index (Phi) is 2.56. The van der Waals surface area contributed by atoms with Gasteiger partial charge in [0.15, 0.2) is 0 Å². The van der Waals surface area contributed by atoms with Gasteiger partial charge in [0.25, 0.3) is 0 Å². The molecule has 0 aliphatic heterocycles. The van der Waals surface area contributed by atoms with Gasteiger partial charge in [-0.15, -0.1) is 11.3 Å². The molecule has 1 nitrogen and oxygen atoms in total. The van der Waals surface area contributed by atoms with Crippen molar-refractivity contribution in [3.8, 4) is 5.75 Å². The predicted octanol–water partition coefficient (Wildman–Crippen LogP) is 4.06. The molecule has 0 aliphatic carbocycles. The molecule has 0 spiro atoms. The summed E-state index contributed by atoms with van der Waals surface area (Å²) >= 11 is 5.21. The normalized spacial score (nSPS) is 10.6. The summed E-state index contributed by atoms with van der Waals surface area (Å²) in [6.07, 6.45) is 0. The SMILES string of the molecule is CCOc1ccc2c(Br)scc2c1. The van der Waals surface area contributed by atoms with Gasteiger partial charge in [0.05, 0.1) is 10.4 Å². The highest BCUT2D eigenvalue weighted by Crippen LogP contribution is 2.32. The van der Waals surface area contributed by atoms with Crippen LogP contribution in [0.3, 0.4) is 0 Å². The third-order valence-corrected chi connectivity index (χ3v) is 3.62. The molecular weight excluding hydrogens is 248 g/mol. The molecule has 0 atom stereocenters. The number of fused-ring (bicyclic) bond motifs is 1. The summed E-state index contributed by atoms with van der Waals surface area (Å²) < 4.78 is 6.60. The molecule has 0 saturated carbocycles. The first-order valence-corrected chi connectivity index (χ1v) is 5.78. The predicted molar refractivity (Wildman–Crippen MR) is 60.7 cm³/mol. The van der Waals surface area contributed by atoms with Crippen LogP contribution >= 0.6 is 27.3 Å². The Labute approximate surface area is 89.5 Å². The summed E-state index contributed by atoms with van der Waals surface area (Å²) in [7, 11) is 0. The Hall–Kier alpha value is -0.540. The molecule has 0 saturated heterocycles. The number of rotatable bonds is 2. The lowest BCUT2D eigenvalue weighted by molar-refractivity contribution is 0.341. The molecule has 0 unspecified atom stereocenters. The van der Waals surface area contributed by atoms with E-state index in [0.717, 1.165) is 12.4 Å². The molecule has 1 heterocycles. The fourth-order valence-electron chi connectivity index (χ4n) is 1.25. The molecule has 1 aromatic carbocycles. The van der Waals surface area contributed by atoms with Gasteiger partial charge in [-0.1, -0.05) is 0 Å². The van der Waals surface area contributed by atoms with Crippen molar-refractivity contribution in [1.29, 1.82) is 0 Å². The molecule has 0 fully saturated rings. The molecule has 0 bridgehead atoms. The van der Waals surface area contributed by atoms with Crippen LogP contribution < -0.4 is 4.74 Å². The zero-order valence-electron chi connectivity index (χ0n) is 7.21. The molecule has 0 aliphatic rings. The van der Waals surface area contributed by atoms with Crippen molar-refractivity contribution in [2.75, 3.05) is 6.61 Å². The van der Waals surface area contributed by atoms with E-state index in [9.17, 15) is 0 Å². The van der Waals surface area contributed by atoms with Crippen LogP contribution in [-0.2, 0) is 0 Å². The first-order chi connectivity index (χ1) is 6.31. The fraction of sp³-hybridized carbons (Fsp3) is 0.200. The lowest BCUT2D eigenvalue weighted by atomic mass is 10.2. The highest BCUT2D eigenvalue weighted by Gasteiger charge is 2.01. The highest BCUT2D eigenvalue weighted by atomic mass is 79.9. The molecule has 1 aromatic heterocycles. The van der Waals surface area contributed by atoms with Crippen molar-refractivity contribution >= 4 is 38.0 Å². The van der Waals surface area contributed by atoms with Crippen molar-refractivity contribution in [3.63, 3.8) is 0 Å². The summed E-state index contributed by atoms with van der Waals surface area (Å²) in [5, 5.41) is 4.62. The van der Waals surface area contributed by atoms with Crippen LogP contribution in [0.25, 0.3) is 10.8 Å². The maximum atomic E-state index is 5.41.